The minimum atomic E-state index is 0.285. The number of hydrogen-bond acceptors (Lipinski definition) is 4. The third-order valence-electron chi connectivity index (χ3n) is 2.89. The van der Waals surface area contributed by atoms with Crippen LogP contribution in [-0.4, -0.2) is 46.8 Å². The molecular formula is C12H24N4S. The Balaban J connectivity index is 2.64. The Labute approximate surface area is 109 Å². The number of thioether (sulfide) groups is 1. The fourth-order valence-electron chi connectivity index (χ4n) is 1.86. The summed E-state index contributed by atoms with van der Waals surface area (Å²) in [5.74, 6) is 1.14. The number of likely N-dealkylation sites (N-methyl/N-ethyl adjacent to an activating group) is 1. The second kappa shape index (κ2) is 7.74. The molecular weight excluding hydrogens is 232 g/mol. The molecule has 0 amide bonds. The summed E-state index contributed by atoms with van der Waals surface area (Å²) in [4.78, 5) is 2.31. The van der Waals surface area contributed by atoms with Gasteiger partial charge in [0.2, 0.25) is 0 Å². The molecule has 0 aliphatic carbocycles. The number of nitrogens with two attached hydrogens (primary N) is 1. The molecule has 0 aromatic carbocycles. The molecule has 0 aliphatic rings. The number of aromatic nitrogens is 2. The lowest BCUT2D eigenvalue weighted by atomic mass is 10.1. The lowest BCUT2D eigenvalue weighted by Gasteiger charge is -2.25. The fourth-order valence-corrected chi connectivity index (χ4v) is 2.34. The van der Waals surface area contributed by atoms with Gasteiger partial charge in [-0.1, -0.05) is 6.92 Å². The van der Waals surface area contributed by atoms with Gasteiger partial charge in [0.15, 0.2) is 0 Å². The molecule has 0 saturated carbocycles. The molecule has 1 aromatic heterocycles. The summed E-state index contributed by atoms with van der Waals surface area (Å²) < 4.78 is 2.00. The topological polar surface area (TPSA) is 47.1 Å². The summed E-state index contributed by atoms with van der Waals surface area (Å²) in [7, 11) is 2.13. The molecule has 1 unspecified atom stereocenters. The SMILES string of the molecule is CCCn1cc(C(CN)N(C)CCSC)cn1. The molecule has 0 aliphatic heterocycles. The summed E-state index contributed by atoms with van der Waals surface area (Å²) in [6.45, 7) is 4.84. The monoisotopic (exact) mass is 256 g/mol. The number of rotatable bonds is 8. The first kappa shape index (κ1) is 14.5. The minimum Gasteiger partial charge on any atom is -0.329 e. The molecule has 0 spiro atoms. The maximum Gasteiger partial charge on any atom is 0.0538 e. The van der Waals surface area contributed by atoms with Crippen LogP contribution in [0.1, 0.15) is 24.9 Å². The zero-order valence-corrected chi connectivity index (χ0v) is 11.9. The smallest absolute Gasteiger partial charge is 0.0538 e. The average Bonchev–Trinajstić information content (AvgIpc) is 2.76. The highest BCUT2D eigenvalue weighted by atomic mass is 32.2. The van der Waals surface area contributed by atoms with Crippen molar-refractivity contribution in [2.45, 2.75) is 25.9 Å². The van der Waals surface area contributed by atoms with Gasteiger partial charge in [0.05, 0.1) is 6.20 Å². The Morgan fingerprint density at radius 1 is 1.59 bits per heavy atom. The van der Waals surface area contributed by atoms with Crippen molar-refractivity contribution < 1.29 is 0 Å². The summed E-state index contributed by atoms with van der Waals surface area (Å²) in [6, 6.07) is 0.285. The molecule has 1 rings (SSSR count). The standard InChI is InChI=1S/C12H24N4S/c1-4-5-16-10-11(9-14-16)12(8-13)15(2)6-7-17-3/h9-10,12H,4-8,13H2,1-3H3. The molecule has 1 aromatic rings. The van der Waals surface area contributed by atoms with Crippen LogP contribution in [0.15, 0.2) is 12.4 Å². The third-order valence-corrected chi connectivity index (χ3v) is 3.48. The van der Waals surface area contributed by atoms with E-state index in [0.717, 1.165) is 25.3 Å². The van der Waals surface area contributed by atoms with Gasteiger partial charge in [-0.05, 0) is 19.7 Å². The lowest BCUT2D eigenvalue weighted by Crippen LogP contribution is -2.32. The van der Waals surface area contributed by atoms with Crippen LogP contribution < -0.4 is 5.73 Å². The van der Waals surface area contributed by atoms with E-state index < -0.39 is 0 Å². The van der Waals surface area contributed by atoms with E-state index in [0.29, 0.717) is 6.54 Å². The molecule has 0 saturated heterocycles. The zero-order chi connectivity index (χ0) is 12.7. The first-order chi connectivity index (χ1) is 8.22. The molecule has 98 valence electrons. The molecule has 2 N–H and O–H groups in total. The number of nitrogens with zero attached hydrogens (tertiary/aromatic N) is 3. The van der Waals surface area contributed by atoms with Gasteiger partial charge in [-0.2, -0.15) is 16.9 Å². The van der Waals surface area contributed by atoms with Crippen molar-refractivity contribution in [1.82, 2.24) is 14.7 Å². The Morgan fingerprint density at radius 2 is 2.35 bits per heavy atom. The molecule has 0 radical (unpaired) electrons. The van der Waals surface area contributed by atoms with Crippen molar-refractivity contribution in [1.29, 1.82) is 0 Å². The van der Waals surface area contributed by atoms with Crippen molar-refractivity contribution in [2.24, 2.45) is 5.73 Å². The van der Waals surface area contributed by atoms with Crippen LogP contribution >= 0.6 is 11.8 Å². The maximum absolute atomic E-state index is 5.88. The van der Waals surface area contributed by atoms with E-state index in [1.54, 1.807) is 0 Å². The largest absolute Gasteiger partial charge is 0.329 e. The van der Waals surface area contributed by atoms with Crippen LogP contribution in [0.4, 0.5) is 0 Å². The van der Waals surface area contributed by atoms with Gasteiger partial charge >= 0.3 is 0 Å². The third kappa shape index (κ3) is 4.33. The van der Waals surface area contributed by atoms with Crippen LogP contribution in [0.5, 0.6) is 0 Å². The highest BCUT2D eigenvalue weighted by Crippen LogP contribution is 2.17. The Hall–Kier alpha value is -0.520. The quantitative estimate of drug-likeness (QED) is 0.767. The van der Waals surface area contributed by atoms with E-state index in [9.17, 15) is 0 Å². The van der Waals surface area contributed by atoms with E-state index in [-0.39, 0.29) is 6.04 Å². The zero-order valence-electron chi connectivity index (χ0n) is 11.1. The number of hydrogen-bond donors (Lipinski definition) is 1. The van der Waals surface area contributed by atoms with Gasteiger partial charge in [-0.3, -0.25) is 9.58 Å². The molecule has 0 fully saturated rings. The van der Waals surface area contributed by atoms with E-state index >= 15 is 0 Å². The van der Waals surface area contributed by atoms with Crippen molar-refractivity contribution in [3.63, 3.8) is 0 Å². The Kier molecular flexibility index (Phi) is 6.62. The molecule has 4 nitrogen and oxygen atoms in total. The molecule has 5 heteroatoms. The minimum absolute atomic E-state index is 0.285. The second-order valence-corrected chi connectivity index (χ2v) is 5.25. The maximum atomic E-state index is 5.88. The van der Waals surface area contributed by atoms with E-state index in [4.69, 9.17) is 5.73 Å². The van der Waals surface area contributed by atoms with Crippen LogP contribution in [0.25, 0.3) is 0 Å². The summed E-state index contributed by atoms with van der Waals surface area (Å²) in [6.07, 6.45) is 7.31. The van der Waals surface area contributed by atoms with Crippen molar-refractivity contribution in [3.05, 3.63) is 18.0 Å². The summed E-state index contributed by atoms with van der Waals surface area (Å²) >= 11 is 1.86. The summed E-state index contributed by atoms with van der Waals surface area (Å²) in [5, 5.41) is 4.37. The van der Waals surface area contributed by atoms with E-state index in [1.807, 2.05) is 22.6 Å². The highest BCUT2D eigenvalue weighted by Gasteiger charge is 2.16. The van der Waals surface area contributed by atoms with Crippen LogP contribution in [0, 0.1) is 0 Å². The van der Waals surface area contributed by atoms with Crippen molar-refractivity contribution in [2.75, 3.05) is 32.1 Å². The van der Waals surface area contributed by atoms with Crippen LogP contribution in [0.3, 0.4) is 0 Å². The number of aryl methyl sites for hydroxylation is 1. The highest BCUT2D eigenvalue weighted by molar-refractivity contribution is 7.98. The lowest BCUT2D eigenvalue weighted by molar-refractivity contribution is 0.265. The van der Waals surface area contributed by atoms with Gasteiger partial charge in [-0.25, -0.2) is 0 Å². The first-order valence-electron chi connectivity index (χ1n) is 6.14. The molecule has 1 heterocycles. The van der Waals surface area contributed by atoms with Crippen LogP contribution in [0.2, 0.25) is 0 Å². The van der Waals surface area contributed by atoms with Crippen LogP contribution in [-0.2, 0) is 6.54 Å². The Morgan fingerprint density at radius 3 is 2.94 bits per heavy atom. The van der Waals surface area contributed by atoms with Gasteiger partial charge in [-0.15, -0.1) is 0 Å². The predicted molar refractivity (Wildman–Crippen MR) is 75.3 cm³/mol. The van der Waals surface area contributed by atoms with Gasteiger partial charge in [0.1, 0.15) is 0 Å². The van der Waals surface area contributed by atoms with Gasteiger partial charge < -0.3 is 5.73 Å². The van der Waals surface area contributed by atoms with Gasteiger partial charge in [0.25, 0.3) is 0 Å². The molecule has 17 heavy (non-hydrogen) atoms. The van der Waals surface area contributed by atoms with Crippen molar-refractivity contribution >= 4 is 11.8 Å². The summed E-state index contributed by atoms with van der Waals surface area (Å²) in [5.41, 5.74) is 7.10. The average molecular weight is 256 g/mol. The van der Waals surface area contributed by atoms with Crippen molar-refractivity contribution in [3.8, 4) is 0 Å². The molecule has 1 atom stereocenters. The van der Waals surface area contributed by atoms with E-state index in [2.05, 4.69) is 36.4 Å². The normalized spacial score (nSPS) is 13.2. The second-order valence-electron chi connectivity index (χ2n) is 4.26. The fraction of sp³-hybridized carbons (Fsp3) is 0.750. The van der Waals surface area contributed by atoms with E-state index in [1.165, 1.54) is 5.56 Å². The Bertz CT molecular complexity index is 313. The molecule has 0 bridgehead atoms. The predicted octanol–water partition coefficient (Wildman–Crippen LogP) is 1.59. The van der Waals surface area contributed by atoms with Gasteiger partial charge in [0, 0.05) is 43.2 Å². The first-order valence-corrected chi connectivity index (χ1v) is 7.53.